The largest absolute Gasteiger partial charge is 0.416 e. The van der Waals surface area contributed by atoms with Crippen molar-refractivity contribution in [2.24, 2.45) is 0 Å². The quantitative estimate of drug-likeness (QED) is 0.758. The van der Waals surface area contributed by atoms with E-state index in [1.807, 2.05) is 0 Å². The van der Waals surface area contributed by atoms with E-state index >= 15 is 0 Å². The predicted octanol–water partition coefficient (Wildman–Crippen LogP) is 2.62. The molecule has 0 aliphatic rings. The molecule has 1 aromatic carbocycles. The van der Waals surface area contributed by atoms with E-state index in [1.54, 1.807) is 0 Å². The fourth-order valence-electron chi connectivity index (χ4n) is 2.37. The number of carbonyl (C=O) groups is 1. The summed E-state index contributed by atoms with van der Waals surface area (Å²) in [7, 11) is 0. The Hall–Kier alpha value is -2.94. The number of hydrogen-bond donors (Lipinski definition) is 2. The van der Waals surface area contributed by atoms with Gasteiger partial charge in [0.05, 0.1) is 35.9 Å². The molecule has 0 aliphatic heterocycles. The Bertz CT molecular complexity index is 894. The van der Waals surface area contributed by atoms with Crippen LogP contribution in [0.2, 0.25) is 0 Å². The molecule has 0 spiro atoms. The highest BCUT2D eigenvalue weighted by Crippen LogP contribution is 2.31. The number of aromatic nitrogens is 3. The molecule has 9 heteroatoms. The van der Waals surface area contributed by atoms with Crippen LogP contribution in [-0.4, -0.2) is 32.2 Å². The average molecular weight is 350 g/mol. The van der Waals surface area contributed by atoms with Gasteiger partial charge in [0.2, 0.25) is 5.91 Å². The second kappa shape index (κ2) is 6.52. The van der Waals surface area contributed by atoms with Gasteiger partial charge in [-0.1, -0.05) is 0 Å². The number of alkyl halides is 3. The number of fused-ring (bicyclic) bond motifs is 1. The van der Waals surface area contributed by atoms with Crippen LogP contribution in [0.25, 0.3) is 10.9 Å². The molecule has 25 heavy (non-hydrogen) atoms. The van der Waals surface area contributed by atoms with Crippen LogP contribution >= 0.6 is 0 Å². The molecule has 0 bridgehead atoms. The van der Waals surface area contributed by atoms with Crippen molar-refractivity contribution < 1.29 is 23.1 Å². The molecule has 1 atom stereocenters. The predicted molar refractivity (Wildman–Crippen MR) is 83.7 cm³/mol. The van der Waals surface area contributed by atoms with Gasteiger partial charge in [0.15, 0.2) is 0 Å². The highest BCUT2D eigenvalue weighted by Gasteiger charge is 2.30. The number of nitrogens with one attached hydrogen (secondary N) is 1. The summed E-state index contributed by atoms with van der Waals surface area (Å²) in [6, 6.07) is 3.69. The Kier molecular flexibility index (Phi) is 4.41. The molecule has 2 aromatic heterocycles. The summed E-state index contributed by atoms with van der Waals surface area (Å²) < 4.78 is 39.8. The lowest BCUT2D eigenvalue weighted by atomic mass is 10.1. The molecule has 130 valence electrons. The lowest BCUT2D eigenvalue weighted by molar-refractivity contribution is -0.137. The lowest BCUT2D eigenvalue weighted by Crippen LogP contribution is -2.28. The summed E-state index contributed by atoms with van der Waals surface area (Å²) in [5, 5.41) is 12.2. The molecule has 3 aromatic rings. The van der Waals surface area contributed by atoms with E-state index < -0.39 is 30.3 Å². The summed E-state index contributed by atoms with van der Waals surface area (Å²) in [5.74, 6) is -0.534. The van der Waals surface area contributed by atoms with Crippen molar-refractivity contribution in [3.8, 4) is 0 Å². The molecule has 0 unspecified atom stereocenters. The number of anilines is 1. The fourth-order valence-corrected chi connectivity index (χ4v) is 2.37. The zero-order valence-electron chi connectivity index (χ0n) is 12.7. The van der Waals surface area contributed by atoms with Crippen LogP contribution in [0.3, 0.4) is 0 Å². The first kappa shape index (κ1) is 16.9. The highest BCUT2D eigenvalue weighted by molar-refractivity contribution is 5.95. The minimum absolute atomic E-state index is 0.232. The Morgan fingerprint density at radius 2 is 2.12 bits per heavy atom. The van der Waals surface area contributed by atoms with Crippen molar-refractivity contribution in [3.63, 3.8) is 0 Å². The number of carbonyl (C=O) groups excluding carboxylic acids is 1. The number of amides is 1. The molecule has 2 N–H and O–H groups in total. The van der Waals surface area contributed by atoms with Gasteiger partial charge in [-0.3, -0.25) is 9.78 Å². The molecule has 0 aliphatic carbocycles. The Morgan fingerprint density at radius 3 is 2.76 bits per heavy atom. The number of rotatable bonds is 4. The van der Waals surface area contributed by atoms with E-state index in [9.17, 15) is 23.1 Å². The molecule has 6 nitrogen and oxygen atoms in total. The molecule has 2 heterocycles. The molecular weight excluding hydrogens is 337 g/mol. The highest BCUT2D eigenvalue weighted by atomic mass is 19.4. The van der Waals surface area contributed by atoms with E-state index in [2.05, 4.69) is 15.3 Å². The van der Waals surface area contributed by atoms with E-state index in [0.717, 1.165) is 12.1 Å². The van der Waals surface area contributed by atoms with E-state index in [-0.39, 0.29) is 11.1 Å². The minimum Gasteiger partial charge on any atom is -0.394 e. The summed E-state index contributed by atoms with van der Waals surface area (Å²) >= 11 is 0. The second-order valence-electron chi connectivity index (χ2n) is 5.33. The standard InChI is InChI=1S/C16H13F3N4O2/c17-16(18,19)11-1-2-13-10(5-11)6-12(7-21-13)22-15(25)14(8-24)23-4-3-20-9-23/h1-7,9,14,24H,8H2,(H,22,25)/t14-/m0/s1. The number of benzene rings is 1. The van der Waals surface area contributed by atoms with Crippen LogP contribution in [0, 0.1) is 0 Å². The molecular formula is C16H13F3N4O2. The van der Waals surface area contributed by atoms with E-state index in [4.69, 9.17) is 0 Å². The normalized spacial score (nSPS) is 13.0. The van der Waals surface area contributed by atoms with Crippen LogP contribution in [0.5, 0.6) is 0 Å². The van der Waals surface area contributed by atoms with Gasteiger partial charge >= 0.3 is 6.18 Å². The van der Waals surface area contributed by atoms with Crippen molar-refractivity contribution in [2.75, 3.05) is 11.9 Å². The van der Waals surface area contributed by atoms with E-state index in [1.165, 1.54) is 41.6 Å². The Balaban J connectivity index is 1.87. The van der Waals surface area contributed by atoms with Gasteiger partial charge in [0.25, 0.3) is 0 Å². The van der Waals surface area contributed by atoms with Crippen LogP contribution < -0.4 is 5.32 Å². The molecule has 0 radical (unpaired) electrons. The average Bonchev–Trinajstić information content (AvgIpc) is 3.08. The van der Waals surface area contributed by atoms with Crippen LogP contribution in [-0.2, 0) is 11.0 Å². The maximum atomic E-state index is 12.8. The number of nitrogens with zero attached hydrogens (tertiary/aromatic N) is 3. The third kappa shape index (κ3) is 3.61. The lowest BCUT2D eigenvalue weighted by Gasteiger charge is -2.15. The third-order valence-corrected chi connectivity index (χ3v) is 3.64. The summed E-state index contributed by atoms with van der Waals surface area (Å²) in [5.41, 5.74) is -0.188. The van der Waals surface area contributed by atoms with Gasteiger partial charge in [-0.05, 0) is 24.3 Å². The van der Waals surface area contributed by atoms with Gasteiger partial charge in [-0.15, -0.1) is 0 Å². The van der Waals surface area contributed by atoms with Crippen molar-refractivity contribution in [2.45, 2.75) is 12.2 Å². The van der Waals surface area contributed by atoms with E-state index in [0.29, 0.717) is 5.52 Å². The van der Waals surface area contributed by atoms with Gasteiger partial charge in [-0.2, -0.15) is 13.2 Å². The first-order valence-electron chi connectivity index (χ1n) is 7.24. The monoisotopic (exact) mass is 350 g/mol. The number of halogens is 3. The van der Waals surface area contributed by atoms with Crippen LogP contribution in [0.15, 0.2) is 49.2 Å². The maximum absolute atomic E-state index is 12.8. The third-order valence-electron chi connectivity index (χ3n) is 3.64. The number of hydrogen-bond acceptors (Lipinski definition) is 4. The van der Waals surface area contributed by atoms with Gasteiger partial charge in [0.1, 0.15) is 6.04 Å². The van der Waals surface area contributed by atoms with Crippen molar-refractivity contribution >= 4 is 22.5 Å². The topological polar surface area (TPSA) is 80.0 Å². The smallest absolute Gasteiger partial charge is 0.394 e. The summed E-state index contributed by atoms with van der Waals surface area (Å²) in [6.45, 7) is -0.457. The Labute approximate surface area is 139 Å². The van der Waals surface area contributed by atoms with Gasteiger partial charge < -0.3 is 15.0 Å². The van der Waals surface area contributed by atoms with Gasteiger partial charge in [0, 0.05) is 17.8 Å². The number of aliphatic hydroxyl groups excluding tert-OH is 1. The number of imidazole rings is 1. The zero-order chi connectivity index (χ0) is 18.0. The SMILES string of the molecule is O=C(Nc1cnc2ccc(C(F)(F)F)cc2c1)[C@H](CO)n1ccnc1. The van der Waals surface area contributed by atoms with Crippen molar-refractivity contribution in [3.05, 3.63) is 54.7 Å². The molecule has 0 fully saturated rings. The molecule has 0 saturated carbocycles. The van der Waals surface area contributed by atoms with Crippen LogP contribution in [0.4, 0.5) is 18.9 Å². The molecule has 1 amide bonds. The molecule has 3 rings (SSSR count). The number of aliphatic hydroxyl groups is 1. The first-order valence-corrected chi connectivity index (χ1v) is 7.24. The fraction of sp³-hybridized carbons (Fsp3) is 0.188. The number of pyridine rings is 1. The van der Waals surface area contributed by atoms with Crippen molar-refractivity contribution in [1.29, 1.82) is 0 Å². The summed E-state index contributed by atoms with van der Waals surface area (Å²) in [4.78, 5) is 20.1. The molecule has 0 saturated heterocycles. The minimum atomic E-state index is -4.46. The van der Waals surface area contributed by atoms with Crippen molar-refractivity contribution in [1.82, 2.24) is 14.5 Å². The summed E-state index contributed by atoms with van der Waals surface area (Å²) in [6.07, 6.45) is 1.25. The van der Waals surface area contributed by atoms with Crippen LogP contribution in [0.1, 0.15) is 11.6 Å². The Morgan fingerprint density at radius 1 is 1.32 bits per heavy atom. The maximum Gasteiger partial charge on any atom is 0.416 e. The first-order chi connectivity index (χ1) is 11.9. The second-order valence-corrected chi connectivity index (χ2v) is 5.33. The van der Waals surface area contributed by atoms with Gasteiger partial charge in [-0.25, -0.2) is 4.98 Å². The zero-order valence-corrected chi connectivity index (χ0v) is 12.7.